The first-order valence-electron chi connectivity index (χ1n) is 10.3. The second-order valence-corrected chi connectivity index (χ2v) is 8.35. The van der Waals surface area contributed by atoms with Crippen LogP contribution >= 0.6 is 12.6 Å². The Labute approximate surface area is 190 Å². The molecule has 0 N–H and O–H groups in total. The minimum Gasteiger partial charge on any atom is -0.439 e. The monoisotopic (exact) mass is 444 g/mol. The van der Waals surface area contributed by atoms with Gasteiger partial charge in [-0.15, -0.1) is 12.6 Å². The van der Waals surface area contributed by atoms with Crippen molar-refractivity contribution in [2.75, 3.05) is 9.80 Å². The molecule has 2 fully saturated rings. The minimum atomic E-state index is -0.622. The van der Waals surface area contributed by atoms with Crippen molar-refractivity contribution in [3.05, 3.63) is 66.4 Å². The van der Waals surface area contributed by atoms with Crippen LogP contribution in [0.2, 0.25) is 0 Å². The molecule has 1 aliphatic carbocycles. The molecule has 0 bridgehead atoms. The maximum absolute atomic E-state index is 13.6. The van der Waals surface area contributed by atoms with E-state index in [1.54, 1.807) is 23.4 Å². The molecular formula is C23H20N6O2S. The van der Waals surface area contributed by atoms with E-state index in [2.05, 4.69) is 25.9 Å². The number of thiol groups is 1. The van der Waals surface area contributed by atoms with Crippen molar-refractivity contribution in [3.8, 4) is 17.7 Å². The number of ether oxygens (including phenoxy) is 1. The lowest BCUT2D eigenvalue weighted by atomic mass is 9.75. The molecule has 1 unspecified atom stereocenters. The summed E-state index contributed by atoms with van der Waals surface area (Å²) in [5, 5.41) is 9.18. The number of amides is 1. The Morgan fingerprint density at radius 1 is 1.19 bits per heavy atom. The number of aromatic nitrogens is 3. The molecule has 2 aromatic heterocycles. The number of rotatable bonds is 4. The fourth-order valence-corrected chi connectivity index (χ4v) is 4.90. The lowest BCUT2D eigenvalue weighted by Crippen LogP contribution is -2.55. The number of carbonyl (C=O) groups is 1. The molecule has 32 heavy (non-hydrogen) atoms. The van der Waals surface area contributed by atoms with Gasteiger partial charge in [0.15, 0.2) is 5.50 Å². The smallest absolute Gasteiger partial charge is 0.255 e. The van der Waals surface area contributed by atoms with E-state index in [4.69, 9.17) is 17.4 Å². The Balaban J connectivity index is 1.46. The Morgan fingerprint density at radius 2 is 1.97 bits per heavy atom. The van der Waals surface area contributed by atoms with Crippen LogP contribution in [0.25, 0.3) is 0 Å². The molecule has 5 rings (SSSR count). The lowest BCUT2D eigenvalue weighted by molar-refractivity contribution is -0.124. The van der Waals surface area contributed by atoms with Crippen molar-refractivity contribution < 1.29 is 9.53 Å². The molecule has 8 nitrogen and oxygen atoms in total. The lowest BCUT2D eigenvalue weighted by Gasteiger charge is -2.44. The zero-order valence-electron chi connectivity index (χ0n) is 17.3. The fraction of sp³-hybridized carbons (Fsp3) is 0.261. The van der Waals surface area contributed by atoms with Crippen molar-refractivity contribution in [1.82, 2.24) is 15.0 Å². The molecular weight excluding hydrogens is 424 g/mol. The van der Waals surface area contributed by atoms with Gasteiger partial charge in [-0.25, -0.2) is 15.0 Å². The van der Waals surface area contributed by atoms with Gasteiger partial charge in [-0.2, -0.15) is 5.26 Å². The Morgan fingerprint density at radius 3 is 2.56 bits per heavy atom. The maximum Gasteiger partial charge on any atom is 0.255 e. The highest BCUT2D eigenvalue weighted by molar-refractivity contribution is 7.81. The topological polar surface area (TPSA) is 95.2 Å². The van der Waals surface area contributed by atoms with Crippen LogP contribution in [0.3, 0.4) is 0 Å². The molecule has 9 heteroatoms. The molecule has 160 valence electrons. The molecule has 3 aromatic rings. The quantitative estimate of drug-likeness (QED) is 0.611. The van der Waals surface area contributed by atoms with E-state index in [-0.39, 0.29) is 5.91 Å². The largest absolute Gasteiger partial charge is 0.439 e. The van der Waals surface area contributed by atoms with Crippen LogP contribution in [-0.2, 0) is 4.79 Å². The molecule has 1 aliphatic heterocycles. The molecule has 1 aromatic carbocycles. The van der Waals surface area contributed by atoms with Crippen LogP contribution in [0.5, 0.6) is 11.6 Å². The van der Waals surface area contributed by atoms with Crippen LogP contribution < -0.4 is 14.5 Å². The number of anilines is 2. The first kappa shape index (κ1) is 20.3. The number of hydrogen-bond acceptors (Lipinski definition) is 8. The number of benzene rings is 1. The first-order valence-corrected chi connectivity index (χ1v) is 10.8. The van der Waals surface area contributed by atoms with Crippen LogP contribution in [-0.4, -0.2) is 31.9 Å². The van der Waals surface area contributed by atoms with Crippen molar-refractivity contribution >= 4 is 29.9 Å². The third-order valence-corrected chi connectivity index (χ3v) is 6.52. The van der Waals surface area contributed by atoms with Gasteiger partial charge in [0.2, 0.25) is 5.88 Å². The summed E-state index contributed by atoms with van der Waals surface area (Å²) in [6, 6.07) is 13.1. The number of carbonyl (C=O) groups excluding carboxylic acids is 1. The molecule has 3 heterocycles. The SMILES string of the molecule is Cc1cc(N2C(=O)C3(CCC3)N(c3ccc(Oc4ccncn4)cc3)C2S)cnc1C#N. The second-order valence-electron chi connectivity index (χ2n) is 7.89. The van der Waals surface area contributed by atoms with Gasteiger partial charge in [0, 0.05) is 18.0 Å². The summed E-state index contributed by atoms with van der Waals surface area (Å²) in [6.07, 6.45) is 7.13. The number of nitriles is 1. The van der Waals surface area contributed by atoms with E-state index in [1.165, 1.54) is 6.33 Å². The van der Waals surface area contributed by atoms with Gasteiger partial charge in [0.05, 0.1) is 11.9 Å². The van der Waals surface area contributed by atoms with Gasteiger partial charge in [-0.3, -0.25) is 9.69 Å². The van der Waals surface area contributed by atoms with Crippen molar-refractivity contribution in [2.24, 2.45) is 0 Å². The third kappa shape index (κ3) is 3.15. The highest BCUT2D eigenvalue weighted by Crippen LogP contribution is 2.50. The van der Waals surface area contributed by atoms with Crippen molar-refractivity contribution in [2.45, 2.75) is 37.2 Å². The van der Waals surface area contributed by atoms with Crippen LogP contribution in [0.15, 0.2) is 55.1 Å². The summed E-state index contributed by atoms with van der Waals surface area (Å²) in [5.41, 5.74) is 1.49. The van der Waals surface area contributed by atoms with Crippen molar-refractivity contribution in [3.63, 3.8) is 0 Å². The molecule has 1 spiro atoms. The molecule has 1 atom stereocenters. The van der Waals surface area contributed by atoms with Crippen molar-refractivity contribution in [1.29, 1.82) is 5.26 Å². The van der Waals surface area contributed by atoms with E-state index in [9.17, 15) is 10.1 Å². The first-order chi connectivity index (χ1) is 15.5. The predicted octanol–water partition coefficient (Wildman–Crippen LogP) is 3.83. The van der Waals surface area contributed by atoms with Gasteiger partial charge in [0.25, 0.3) is 5.91 Å². The van der Waals surface area contributed by atoms with E-state index in [0.29, 0.717) is 23.0 Å². The molecule has 0 radical (unpaired) electrons. The minimum absolute atomic E-state index is 0.0102. The fourth-order valence-electron chi connectivity index (χ4n) is 4.31. The molecule has 1 saturated carbocycles. The molecule has 1 saturated heterocycles. The number of hydrogen-bond donors (Lipinski definition) is 1. The standard InChI is InChI=1S/C23H20N6O2S/c1-15-11-17(13-26-19(15)12-24)28-21(30)23(8-2-9-23)29(22(28)32)16-3-5-18(6-4-16)31-20-7-10-25-14-27-20/h3-7,10-11,13-14,22,32H,2,8-9H2,1H3. The van der Waals surface area contributed by atoms with E-state index in [1.807, 2.05) is 37.3 Å². The summed E-state index contributed by atoms with van der Waals surface area (Å²) >= 11 is 4.84. The van der Waals surface area contributed by atoms with E-state index < -0.39 is 11.0 Å². The predicted molar refractivity (Wildman–Crippen MR) is 122 cm³/mol. The number of aryl methyl sites for hydroxylation is 1. The third-order valence-electron chi connectivity index (χ3n) is 6.06. The highest BCUT2D eigenvalue weighted by Gasteiger charge is 2.60. The summed E-state index contributed by atoms with van der Waals surface area (Å²) < 4.78 is 5.76. The molecule has 2 aliphatic rings. The normalized spacial score (nSPS) is 19.0. The summed E-state index contributed by atoms with van der Waals surface area (Å²) in [6.45, 7) is 1.82. The van der Waals surface area contributed by atoms with Crippen LogP contribution in [0.4, 0.5) is 11.4 Å². The van der Waals surface area contributed by atoms with Gasteiger partial charge in [-0.1, -0.05) is 0 Å². The number of nitrogens with zero attached hydrogens (tertiary/aromatic N) is 6. The summed E-state index contributed by atoms with van der Waals surface area (Å²) in [7, 11) is 0. The van der Waals surface area contributed by atoms with Gasteiger partial charge >= 0.3 is 0 Å². The second kappa shape index (κ2) is 7.80. The van der Waals surface area contributed by atoms with Gasteiger partial charge in [0.1, 0.15) is 29.4 Å². The summed E-state index contributed by atoms with van der Waals surface area (Å²) in [4.78, 5) is 29.5. The van der Waals surface area contributed by atoms with Crippen LogP contribution in [0, 0.1) is 18.3 Å². The Kier molecular flexibility index (Phi) is 4.94. The zero-order valence-corrected chi connectivity index (χ0v) is 18.2. The van der Waals surface area contributed by atoms with Gasteiger partial charge < -0.3 is 9.64 Å². The van der Waals surface area contributed by atoms with E-state index in [0.717, 1.165) is 30.5 Å². The highest BCUT2D eigenvalue weighted by atomic mass is 32.1. The Hall–Kier alpha value is -3.64. The average molecular weight is 445 g/mol. The van der Waals surface area contributed by atoms with E-state index >= 15 is 0 Å². The average Bonchev–Trinajstić information content (AvgIpc) is 3.02. The van der Waals surface area contributed by atoms with Crippen LogP contribution in [0.1, 0.15) is 30.5 Å². The zero-order chi connectivity index (χ0) is 22.3. The number of pyridine rings is 1. The Bertz CT molecular complexity index is 1210. The van der Waals surface area contributed by atoms with Gasteiger partial charge in [-0.05, 0) is 62.1 Å². The summed E-state index contributed by atoms with van der Waals surface area (Å²) in [5.74, 6) is 1.11. The molecule has 1 amide bonds. The maximum atomic E-state index is 13.6.